The van der Waals surface area contributed by atoms with Crippen LogP contribution in [0.15, 0.2) is 18.2 Å². The molecule has 1 aliphatic rings. The van der Waals surface area contributed by atoms with E-state index in [1.54, 1.807) is 0 Å². The second-order valence-corrected chi connectivity index (χ2v) is 4.00. The maximum atomic E-state index is 5.54. The lowest BCUT2D eigenvalue weighted by Crippen LogP contribution is -2.21. The minimum absolute atomic E-state index is 0.542. The van der Waals surface area contributed by atoms with E-state index in [1.807, 2.05) is 19.1 Å². The van der Waals surface area contributed by atoms with Crippen LogP contribution in [-0.4, -0.2) is 13.1 Å². The minimum atomic E-state index is -0.577. The Bertz CT molecular complexity index is 362. The highest BCUT2D eigenvalue weighted by Gasteiger charge is 2.24. The molecule has 0 saturated heterocycles. The Labute approximate surface area is 96.3 Å². The van der Waals surface area contributed by atoms with Gasteiger partial charge in [-0.05, 0) is 37.0 Å². The zero-order valence-corrected chi connectivity index (χ0v) is 10.0. The molecule has 0 aliphatic carbocycles. The van der Waals surface area contributed by atoms with Crippen molar-refractivity contribution in [1.29, 1.82) is 0 Å². The SMILES string of the molecule is CCOC1Oc2ccc(C(C)CC)cc2O1. The monoisotopic (exact) mass is 222 g/mol. The summed E-state index contributed by atoms with van der Waals surface area (Å²) in [5.74, 6) is 2.10. The Hall–Kier alpha value is -1.22. The largest absolute Gasteiger partial charge is 0.428 e. The van der Waals surface area contributed by atoms with Crippen molar-refractivity contribution in [1.82, 2.24) is 0 Å². The fourth-order valence-corrected chi connectivity index (χ4v) is 1.69. The Morgan fingerprint density at radius 2 is 2.00 bits per heavy atom. The van der Waals surface area contributed by atoms with Gasteiger partial charge in [0.05, 0.1) is 6.61 Å². The maximum absolute atomic E-state index is 5.54. The Morgan fingerprint density at radius 3 is 2.69 bits per heavy atom. The molecule has 1 aromatic carbocycles. The second kappa shape index (κ2) is 4.74. The molecule has 2 atom stereocenters. The van der Waals surface area contributed by atoms with E-state index in [2.05, 4.69) is 19.9 Å². The Balaban J connectivity index is 2.14. The number of benzene rings is 1. The Morgan fingerprint density at radius 1 is 1.25 bits per heavy atom. The van der Waals surface area contributed by atoms with Gasteiger partial charge >= 0.3 is 6.48 Å². The van der Waals surface area contributed by atoms with Crippen molar-refractivity contribution >= 4 is 0 Å². The normalized spacial score (nSPS) is 19.8. The molecule has 0 saturated carbocycles. The molecule has 0 bridgehead atoms. The van der Waals surface area contributed by atoms with Gasteiger partial charge in [-0.25, -0.2) is 0 Å². The average molecular weight is 222 g/mol. The maximum Gasteiger partial charge on any atom is 0.361 e. The van der Waals surface area contributed by atoms with Crippen molar-refractivity contribution in [2.45, 2.75) is 39.6 Å². The number of rotatable bonds is 4. The molecule has 0 spiro atoms. The summed E-state index contributed by atoms with van der Waals surface area (Å²) >= 11 is 0. The Kier molecular flexibility index (Phi) is 3.34. The van der Waals surface area contributed by atoms with Crippen molar-refractivity contribution in [2.24, 2.45) is 0 Å². The summed E-state index contributed by atoms with van der Waals surface area (Å²) < 4.78 is 16.3. The molecule has 16 heavy (non-hydrogen) atoms. The summed E-state index contributed by atoms with van der Waals surface area (Å²) in [6.07, 6.45) is 1.12. The van der Waals surface area contributed by atoms with Gasteiger partial charge in [0, 0.05) is 0 Å². The molecular weight excluding hydrogens is 204 g/mol. The molecule has 3 heteroatoms. The van der Waals surface area contributed by atoms with Gasteiger partial charge in [0.15, 0.2) is 11.5 Å². The smallest absolute Gasteiger partial charge is 0.361 e. The van der Waals surface area contributed by atoms with Crippen LogP contribution in [0.5, 0.6) is 11.5 Å². The van der Waals surface area contributed by atoms with E-state index in [0.29, 0.717) is 12.5 Å². The summed E-state index contributed by atoms with van der Waals surface area (Å²) in [6.45, 7) is 6.31. The third-order valence-corrected chi connectivity index (χ3v) is 2.90. The summed E-state index contributed by atoms with van der Waals surface area (Å²) in [7, 11) is 0. The van der Waals surface area contributed by atoms with Crippen LogP contribution in [0.1, 0.15) is 38.7 Å². The first-order valence-electron chi connectivity index (χ1n) is 5.83. The molecule has 2 unspecified atom stereocenters. The van der Waals surface area contributed by atoms with Gasteiger partial charge < -0.3 is 14.2 Å². The first kappa shape index (κ1) is 11.3. The molecule has 2 rings (SSSR count). The molecule has 0 amide bonds. The summed E-state index contributed by atoms with van der Waals surface area (Å²) in [6, 6.07) is 6.09. The van der Waals surface area contributed by atoms with Gasteiger partial charge in [-0.2, -0.15) is 0 Å². The van der Waals surface area contributed by atoms with Crippen LogP contribution >= 0.6 is 0 Å². The summed E-state index contributed by atoms with van der Waals surface area (Å²) in [4.78, 5) is 0. The summed E-state index contributed by atoms with van der Waals surface area (Å²) in [5.41, 5.74) is 1.28. The van der Waals surface area contributed by atoms with Crippen LogP contribution < -0.4 is 9.47 Å². The quantitative estimate of drug-likeness (QED) is 0.782. The highest BCUT2D eigenvalue weighted by molar-refractivity contribution is 5.45. The molecule has 1 aliphatic heterocycles. The molecule has 1 aromatic rings. The van der Waals surface area contributed by atoms with Gasteiger partial charge in [0.1, 0.15) is 0 Å². The van der Waals surface area contributed by atoms with Crippen LogP contribution in [0.25, 0.3) is 0 Å². The minimum Gasteiger partial charge on any atom is -0.428 e. The number of ether oxygens (including phenoxy) is 3. The average Bonchev–Trinajstić information content (AvgIpc) is 2.69. The first-order chi connectivity index (χ1) is 7.74. The van der Waals surface area contributed by atoms with Crippen LogP contribution in [0.2, 0.25) is 0 Å². The van der Waals surface area contributed by atoms with Crippen LogP contribution in [-0.2, 0) is 4.74 Å². The predicted molar refractivity (Wildman–Crippen MR) is 61.8 cm³/mol. The number of hydrogen-bond acceptors (Lipinski definition) is 3. The molecule has 1 heterocycles. The van der Waals surface area contributed by atoms with Gasteiger partial charge in [0.2, 0.25) is 0 Å². The molecular formula is C13H18O3. The molecule has 0 fully saturated rings. The predicted octanol–water partition coefficient (Wildman–Crippen LogP) is 3.29. The molecule has 0 N–H and O–H groups in total. The van der Waals surface area contributed by atoms with E-state index in [9.17, 15) is 0 Å². The molecule has 0 aromatic heterocycles. The van der Waals surface area contributed by atoms with E-state index >= 15 is 0 Å². The van der Waals surface area contributed by atoms with Gasteiger partial charge in [-0.3, -0.25) is 0 Å². The lowest BCUT2D eigenvalue weighted by atomic mass is 9.98. The number of fused-ring (bicyclic) bond motifs is 1. The zero-order valence-electron chi connectivity index (χ0n) is 10.0. The highest BCUT2D eigenvalue weighted by Crippen LogP contribution is 2.37. The van der Waals surface area contributed by atoms with E-state index in [-0.39, 0.29) is 0 Å². The third-order valence-electron chi connectivity index (χ3n) is 2.90. The van der Waals surface area contributed by atoms with Crippen molar-refractivity contribution in [3.8, 4) is 11.5 Å². The fourth-order valence-electron chi connectivity index (χ4n) is 1.69. The summed E-state index contributed by atoms with van der Waals surface area (Å²) in [5, 5.41) is 0. The topological polar surface area (TPSA) is 27.7 Å². The van der Waals surface area contributed by atoms with Crippen LogP contribution in [0, 0.1) is 0 Å². The zero-order chi connectivity index (χ0) is 11.5. The van der Waals surface area contributed by atoms with E-state index in [1.165, 1.54) is 5.56 Å². The highest BCUT2D eigenvalue weighted by atomic mass is 16.9. The lowest BCUT2D eigenvalue weighted by Gasteiger charge is -2.09. The fraction of sp³-hybridized carbons (Fsp3) is 0.538. The van der Waals surface area contributed by atoms with Crippen molar-refractivity contribution < 1.29 is 14.2 Å². The van der Waals surface area contributed by atoms with Crippen LogP contribution in [0.3, 0.4) is 0 Å². The second-order valence-electron chi connectivity index (χ2n) is 4.00. The lowest BCUT2D eigenvalue weighted by molar-refractivity contribution is -0.173. The van der Waals surface area contributed by atoms with Gasteiger partial charge in [0.25, 0.3) is 0 Å². The number of hydrogen-bond donors (Lipinski definition) is 0. The molecule has 3 nitrogen and oxygen atoms in total. The van der Waals surface area contributed by atoms with Crippen molar-refractivity contribution in [2.75, 3.05) is 6.61 Å². The molecule has 0 radical (unpaired) electrons. The first-order valence-corrected chi connectivity index (χ1v) is 5.83. The van der Waals surface area contributed by atoms with Gasteiger partial charge in [-0.15, -0.1) is 0 Å². The van der Waals surface area contributed by atoms with Crippen molar-refractivity contribution in [3.63, 3.8) is 0 Å². The van der Waals surface area contributed by atoms with E-state index in [0.717, 1.165) is 17.9 Å². The standard InChI is InChI=1S/C13H18O3/c1-4-9(3)10-6-7-11-12(8-10)16-13(15-11)14-5-2/h6-9,13H,4-5H2,1-3H3. The van der Waals surface area contributed by atoms with Crippen molar-refractivity contribution in [3.05, 3.63) is 23.8 Å². The van der Waals surface area contributed by atoms with Crippen LogP contribution in [0.4, 0.5) is 0 Å². The van der Waals surface area contributed by atoms with E-state index < -0.39 is 6.48 Å². The van der Waals surface area contributed by atoms with E-state index in [4.69, 9.17) is 14.2 Å². The van der Waals surface area contributed by atoms with Gasteiger partial charge in [-0.1, -0.05) is 19.9 Å². The third kappa shape index (κ3) is 2.14. The molecule has 88 valence electrons.